The number of amides is 1. The summed E-state index contributed by atoms with van der Waals surface area (Å²) in [7, 11) is 0. The van der Waals surface area contributed by atoms with E-state index < -0.39 is 0 Å². The van der Waals surface area contributed by atoms with Gasteiger partial charge in [0.05, 0.1) is 5.69 Å². The normalized spacial score (nSPS) is 19.0. The Bertz CT molecular complexity index is 733. The van der Waals surface area contributed by atoms with Crippen LogP contribution in [0.15, 0.2) is 42.5 Å². The molecule has 5 heteroatoms. The largest absolute Gasteiger partial charge is 0.355 e. The molecule has 0 bridgehead atoms. The first-order valence-corrected chi connectivity index (χ1v) is 10.2. The molecule has 4 rings (SSSR count). The van der Waals surface area contributed by atoms with Gasteiger partial charge in [0.15, 0.2) is 5.82 Å². The molecule has 1 aliphatic carbocycles. The van der Waals surface area contributed by atoms with E-state index in [9.17, 15) is 4.79 Å². The molecule has 0 spiro atoms. The summed E-state index contributed by atoms with van der Waals surface area (Å²) >= 11 is 0. The standard InChI is InChI=1S/C22H28N4O/c27-22(23-19-9-5-2-6-10-19)18-13-15-26(16-14-18)21-12-11-20(24-25-21)17-7-3-1-4-8-17/h1,3-4,7-8,11-12,18-19H,2,5-6,9-10,13-16H2,(H,23,27). The smallest absolute Gasteiger partial charge is 0.223 e. The predicted molar refractivity (Wildman–Crippen MR) is 107 cm³/mol. The highest BCUT2D eigenvalue weighted by molar-refractivity contribution is 5.79. The van der Waals surface area contributed by atoms with Gasteiger partial charge in [0.1, 0.15) is 0 Å². The average Bonchev–Trinajstić information content (AvgIpc) is 2.75. The number of piperidine rings is 1. The molecule has 0 radical (unpaired) electrons. The average molecular weight is 364 g/mol. The van der Waals surface area contributed by atoms with E-state index in [1.807, 2.05) is 42.5 Å². The van der Waals surface area contributed by atoms with Crippen LogP contribution in [-0.2, 0) is 4.79 Å². The number of anilines is 1. The molecule has 1 saturated carbocycles. The number of hydrogen-bond donors (Lipinski definition) is 1. The molecule has 0 unspecified atom stereocenters. The number of carbonyl (C=O) groups is 1. The molecule has 1 aliphatic heterocycles. The third-order valence-electron chi connectivity index (χ3n) is 5.86. The van der Waals surface area contributed by atoms with Crippen LogP contribution in [0.2, 0.25) is 0 Å². The molecule has 2 aliphatic rings. The first-order chi connectivity index (χ1) is 13.3. The first-order valence-electron chi connectivity index (χ1n) is 10.2. The van der Waals surface area contributed by atoms with E-state index in [4.69, 9.17) is 0 Å². The number of rotatable bonds is 4. The van der Waals surface area contributed by atoms with Crippen molar-refractivity contribution < 1.29 is 4.79 Å². The lowest BCUT2D eigenvalue weighted by molar-refractivity contribution is -0.126. The lowest BCUT2D eigenvalue weighted by atomic mass is 9.92. The van der Waals surface area contributed by atoms with Gasteiger partial charge in [-0.1, -0.05) is 49.6 Å². The zero-order valence-electron chi connectivity index (χ0n) is 15.8. The Labute approximate surface area is 161 Å². The van der Waals surface area contributed by atoms with E-state index in [0.29, 0.717) is 6.04 Å². The van der Waals surface area contributed by atoms with E-state index in [1.54, 1.807) is 0 Å². The van der Waals surface area contributed by atoms with Gasteiger partial charge in [-0.3, -0.25) is 4.79 Å². The fourth-order valence-electron chi connectivity index (χ4n) is 4.19. The third kappa shape index (κ3) is 4.46. The number of aromatic nitrogens is 2. The zero-order valence-corrected chi connectivity index (χ0v) is 15.8. The summed E-state index contributed by atoms with van der Waals surface area (Å²) in [6.45, 7) is 1.73. The second-order valence-electron chi connectivity index (χ2n) is 7.75. The van der Waals surface area contributed by atoms with Gasteiger partial charge in [0.25, 0.3) is 0 Å². The van der Waals surface area contributed by atoms with Crippen molar-refractivity contribution in [1.29, 1.82) is 0 Å². The number of nitrogens with zero attached hydrogens (tertiary/aromatic N) is 3. The van der Waals surface area contributed by atoms with Crippen LogP contribution < -0.4 is 10.2 Å². The molecule has 2 heterocycles. The summed E-state index contributed by atoms with van der Waals surface area (Å²) in [6.07, 6.45) is 7.89. The summed E-state index contributed by atoms with van der Waals surface area (Å²) in [5, 5.41) is 12.1. The first kappa shape index (κ1) is 18.0. The maximum atomic E-state index is 12.6. The van der Waals surface area contributed by atoms with Gasteiger partial charge in [-0.25, -0.2) is 0 Å². The molecule has 1 aromatic heterocycles. The molecular weight excluding hydrogens is 336 g/mol. The Hall–Kier alpha value is -2.43. The molecule has 1 amide bonds. The molecule has 2 fully saturated rings. The summed E-state index contributed by atoms with van der Waals surface area (Å²) in [4.78, 5) is 14.8. The highest BCUT2D eigenvalue weighted by Crippen LogP contribution is 2.24. The minimum absolute atomic E-state index is 0.139. The van der Waals surface area contributed by atoms with E-state index in [1.165, 1.54) is 19.3 Å². The van der Waals surface area contributed by atoms with E-state index >= 15 is 0 Å². The number of nitrogens with one attached hydrogen (secondary N) is 1. The minimum Gasteiger partial charge on any atom is -0.355 e. The Balaban J connectivity index is 1.30. The Morgan fingerprint density at radius 3 is 2.30 bits per heavy atom. The predicted octanol–water partition coefficient (Wildman–Crippen LogP) is 3.81. The highest BCUT2D eigenvalue weighted by atomic mass is 16.1. The van der Waals surface area contributed by atoms with Crippen molar-refractivity contribution in [1.82, 2.24) is 15.5 Å². The van der Waals surface area contributed by atoms with Crippen LogP contribution >= 0.6 is 0 Å². The lowest BCUT2D eigenvalue weighted by Crippen LogP contribution is -2.44. The minimum atomic E-state index is 0.139. The van der Waals surface area contributed by atoms with Crippen molar-refractivity contribution in [2.24, 2.45) is 5.92 Å². The van der Waals surface area contributed by atoms with Crippen LogP contribution in [0.25, 0.3) is 11.3 Å². The SMILES string of the molecule is O=C(NC1CCCCC1)C1CCN(c2ccc(-c3ccccc3)nn2)CC1. The molecule has 1 saturated heterocycles. The molecular formula is C22H28N4O. The molecule has 27 heavy (non-hydrogen) atoms. The van der Waals surface area contributed by atoms with Crippen molar-refractivity contribution in [3.63, 3.8) is 0 Å². The highest BCUT2D eigenvalue weighted by Gasteiger charge is 2.27. The number of hydrogen-bond acceptors (Lipinski definition) is 4. The van der Waals surface area contributed by atoms with Gasteiger partial charge in [-0.2, -0.15) is 0 Å². The summed E-state index contributed by atoms with van der Waals surface area (Å²) < 4.78 is 0. The van der Waals surface area contributed by atoms with Gasteiger partial charge in [0, 0.05) is 30.6 Å². The van der Waals surface area contributed by atoms with E-state index in [2.05, 4.69) is 20.4 Å². The summed E-state index contributed by atoms with van der Waals surface area (Å²) in [5.74, 6) is 1.30. The fraction of sp³-hybridized carbons (Fsp3) is 0.500. The molecule has 5 nitrogen and oxygen atoms in total. The van der Waals surface area contributed by atoms with Crippen molar-refractivity contribution in [3.05, 3.63) is 42.5 Å². The van der Waals surface area contributed by atoms with Gasteiger partial charge < -0.3 is 10.2 Å². The van der Waals surface area contributed by atoms with E-state index in [-0.39, 0.29) is 11.8 Å². The molecule has 0 atom stereocenters. The Morgan fingerprint density at radius 1 is 0.889 bits per heavy atom. The molecule has 142 valence electrons. The molecule has 2 aromatic rings. The van der Waals surface area contributed by atoms with Crippen molar-refractivity contribution in [3.8, 4) is 11.3 Å². The maximum Gasteiger partial charge on any atom is 0.223 e. The van der Waals surface area contributed by atoms with Crippen LogP contribution in [0.4, 0.5) is 5.82 Å². The number of benzene rings is 1. The van der Waals surface area contributed by atoms with Crippen LogP contribution in [0.1, 0.15) is 44.9 Å². The second-order valence-corrected chi connectivity index (χ2v) is 7.75. The van der Waals surface area contributed by atoms with Crippen molar-refractivity contribution >= 4 is 11.7 Å². The monoisotopic (exact) mass is 364 g/mol. The van der Waals surface area contributed by atoms with Crippen LogP contribution in [0, 0.1) is 5.92 Å². The quantitative estimate of drug-likeness (QED) is 0.896. The van der Waals surface area contributed by atoms with Gasteiger partial charge in [0.2, 0.25) is 5.91 Å². The fourth-order valence-corrected chi connectivity index (χ4v) is 4.19. The number of carbonyl (C=O) groups excluding carboxylic acids is 1. The molecule has 1 aromatic carbocycles. The maximum absolute atomic E-state index is 12.6. The summed E-state index contributed by atoms with van der Waals surface area (Å²) in [5.41, 5.74) is 1.97. The topological polar surface area (TPSA) is 58.1 Å². The van der Waals surface area contributed by atoms with Gasteiger partial charge in [-0.05, 0) is 37.8 Å². The van der Waals surface area contributed by atoms with Gasteiger partial charge in [-0.15, -0.1) is 10.2 Å². The lowest BCUT2D eigenvalue weighted by Gasteiger charge is -2.33. The molecule has 1 N–H and O–H groups in total. The van der Waals surface area contributed by atoms with Crippen molar-refractivity contribution in [2.45, 2.75) is 51.0 Å². The van der Waals surface area contributed by atoms with Crippen LogP contribution in [0.5, 0.6) is 0 Å². The van der Waals surface area contributed by atoms with Gasteiger partial charge >= 0.3 is 0 Å². The Morgan fingerprint density at radius 2 is 1.63 bits per heavy atom. The van der Waals surface area contributed by atoms with Crippen LogP contribution in [-0.4, -0.2) is 35.2 Å². The Kier molecular flexibility index (Phi) is 5.66. The van der Waals surface area contributed by atoms with E-state index in [0.717, 1.165) is 55.8 Å². The van der Waals surface area contributed by atoms with Crippen molar-refractivity contribution in [2.75, 3.05) is 18.0 Å². The summed E-state index contributed by atoms with van der Waals surface area (Å²) in [6, 6.07) is 14.6. The van der Waals surface area contributed by atoms with Crippen LogP contribution in [0.3, 0.4) is 0 Å². The second kappa shape index (κ2) is 8.51. The zero-order chi connectivity index (χ0) is 18.5. The third-order valence-corrected chi connectivity index (χ3v) is 5.86.